The summed E-state index contributed by atoms with van der Waals surface area (Å²) >= 11 is 0. The van der Waals surface area contributed by atoms with Gasteiger partial charge in [-0.1, -0.05) is 12.1 Å². The maximum absolute atomic E-state index is 13.3. The molecule has 3 nitrogen and oxygen atoms in total. The van der Waals surface area contributed by atoms with Gasteiger partial charge in [0.1, 0.15) is 11.6 Å². The average Bonchev–Trinajstić information content (AvgIpc) is 2.34. The number of nitrogens with one attached hydrogen (secondary N) is 1. The molecule has 0 atom stereocenters. The lowest BCUT2D eigenvalue weighted by molar-refractivity contribution is 0.102. The maximum Gasteiger partial charge on any atom is 0.258 e. The maximum atomic E-state index is 13.3. The molecule has 0 aliphatic heterocycles. The summed E-state index contributed by atoms with van der Waals surface area (Å²) in [6.45, 7) is 0. The summed E-state index contributed by atoms with van der Waals surface area (Å²) in [4.78, 5) is 11.7. The van der Waals surface area contributed by atoms with Crippen LogP contribution in [0, 0.1) is 11.6 Å². The van der Waals surface area contributed by atoms with Crippen molar-refractivity contribution < 1.29 is 13.6 Å². The van der Waals surface area contributed by atoms with Crippen LogP contribution in [0.3, 0.4) is 0 Å². The van der Waals surface area contributed by atoms with Crippen molar-refractivity contribution >= 4 is 17.3 Å². The van der Waals surface area contributed by atoms with E-state index in [-0.39, 0.29) is 11.3 Å². The highest BCUT2D eigenvalue weighted by Crippen LogP contribution is 2.17. The van der Waals surface area contributed by atoms with Gasteiger partial charge in [0, 0.05) is 5.69 Å². The standard InChI is InChI=1S/C13H10F2N2O/c14-10-4-2-1-3-9(10)13(18)17-8-5-6-11(15)12(16)7-8/h1-7H,16H2,(H,17,18). The summed E-state index contributed by atoms with van der Waals surface area (Å²) in [5, 5.41) is 2.44. The number of nitrogen functional groups attached to an aromatic ring is 1. The van der Waals surface area contributed by atoms with E-state index in [0.29, 0.717) is 5.69 Å². The van der Waals surface area contributed by atoms with Crippen LogP contribution < -0.4 is 11.1 Å². The first-order valence-electron chi connectivity index (χ1n) is 5.19. The van der Waals surface area contributed by atoms with Crippen LogP contribution in [0.4, 0.5) is 20.2 Å². The second-order valence-electron chi connectivity index (χ2n) is 3.67. The van der Waals surface area contributed by atoms with E-state index in [1.54, 1.807) is 6.07 Å². The van der Waals surface area contributed by atoms with Crippen molar-refractivity contribution in [3.05, 3.63) is 59.7 Å². The van der Waals surface area contributed by atoms with Crippen molar-refractivity contribution in [3.63, 3.8) is 0 Å². The minimum absolute atomic E-state index is 0.0821. The Labute approximate surface area is 102 Å². The van der Waals surface area contributed by atoms with Gasteiger partial charge in [-0.05, 0) is 30.3 Å². The van der Waals surface area contributed by atoms with Crippen LogP contribution in [-0.4, -0.2) is 5.91 Å². The van der Waals surface area contributed by atoms with E-state index in [2.05, 4.69) is 5.32 Å². The molecule has 0 aliphatic rings. The molecule has 0 saturated heterocycles. The number of rotatable bonds is 2. The molecule has 0 radical (unpaired) electrons. The van der Waals surface area contributed by atoms with Crippen molar-refractivity contribution in [2.24, 2.45) is 0 Å². The van der Waals surface area contributed by atoms with E-state index in [0.717, 1.165) is 6.07 Å². The van der Waals surface area contributed by atoms with Crippen molar-refractivity contribution in [2.45, 2.75) is 0 Å². The Hall–Kier alpha value is -2.43. The van der Waals surface area contributed by atoms with Crippen molar-refractivity contribution in [1.82, 2.24) is 0 Å². The van der Waals surface area contributed by atoms with Gasteiger partial charge in [-0.25, -0.2) is 8.78 Å². The molecule has 2 aromatic carbocycles. The molecule has 0 bridgehead atoms. The fraction of sp³-hybridized carbons (Fsp3) is 0. The van der Waals surface area contributed by atoms with Crippen LogP contribution in [0.1, 0.15) is 10.4 Å². The monoisotopic (exact) mass is 248 g/mol. The summed E-state index contributed by atoms with van der Waals surface area (Å²) in [5.41, 5.74) is 5.51. The predicted octanol–water partition coefficient (Wildman–Crippen LogP) is 2.80. The fourth-order valence-electron chi connectivity index (χ4n) is 1.47. The molecule has 2 rings (SSSR count). The normalized spacial score (nSPS) is 10.1. The van der Waals surface area contributed by atoms with Crippen LogP contribution in [0.2, 0.25) is 0 Å². The van der Waals surface area contributed by atoms with Gasteiger partial charge in [0.15, 0.2) is 0 Å². The highest BCUT2D eigenvalue weighted by molar-refractivity contribution is 6.04. The van der Waals surface area contributed by atoms with Crippen LogP contribution >= 0.6 is 0 Å². The van der Waals surface area contributed by atoms with Gasteiger partial charge in [-0.15, -0.1) is 0 Å². The zero-order chi connectivity index (χ0) is 13.1. The lowest BCUT2D eigenvalue weighted by atomic mass is 10.2. The molecule has 2 aromatic rings. The van der Waals surface area contributed by atoms with Crippen molar-refractivity contribution in [1.29, 1.82) is 0 Å². The first kappa shape index (κ1) is 12.0. The third-order valence-corrected chi connectivity index (χ3v) is 2.37. The van der Waals surface area contributed by atoms with Gasteiger partial charge in [0.05, 0.1) is 11.3 Å². The molecule has 0 saturated carbocycles. The lowest BCUT2D eigenvalue weighted by Gasteiger charge is -2.07. The first-order chi connectivity index (χ1) is 8.58. The van der Waals surface area contributed by atoms with E-state index in [9.17, 15) is 13.6 Å². The van der Waals surface area contributed by atoms with E-state index in [1.165, 1.54) is 30.3 Å². The SMILES string of the molecule is Nc1cc(NC(=O)c2ccccc2F)ccc1F. The highest BCUT2D eigenvalue weighted by atomic mass is 19.1. The number of carbonyl (C=O) groups excluding carboxylic acids is 1. The molecule has 0 unspecified atom stereocenters. The third kappa shape index (κ3) is 2.45. The Morgan fingerprint density at radius 3 is 2.44 bits per heavy atom. The van der Waals surface area contributed by atoms with Gasteiger partial charge < -0.3 is 11.1 Å². The fourth-order valence-corrected chi connectivity index (χ4v) is 1.47. The Bertz CT molecular complexity index is 599. The summed E-state index contributed by atoms with van der Waals surface area (Å²) in [6.07, 6.45) is 0. The number of halogens is 2. The zero-order valence-electron chi connectivity index (χ0n) is 9.28. The van der Waals surface area contributed by atoms with Crippen LogP contribution in [0.5, 0.6) is 0 Å². The summed E-state index contributed by atoms with van der Waals surface area (Å²) < 4.78 is 26.3. The minimum Gasteiger partial charge on any atom is -0.396 e. The number of benzene rings is 2. The molecule has 0 fully saturated rings. The lowest BCUT2D eigenvalue weighted by Crippen LogP contribution is -2.13. The predicted molar refractivity (Wildman–Crippen MR) is 65.2 cm³/mol. The van der Waals surface area contributed by atoms with E-state index >= 15 is 0 Å². The number of amides is 1. The zero-order valence-corrected chi connectivity index (χ0v) is 9.28. The van der Waals surface area contributed by atoms with Gasteiger partial charge in [0.2, 0.25) is 0 Å². The largest absolute Gasteiger partial charge is 0.396 e. The van der Waals surface area contributed by atoms with Gasteiger partial charge >= 0.3 is 0 Å². The van der Waals surface area contributed by atoms with E-state index in [1.807, 2.05) is 0 Å². The number of carbonyl (C=O) groups is 1. The molecule has 5 heteroatoms. The van der Waals surface area contributed by atoms with E-state index < -0.39 is 17.5 Å². The molecular formula is C13H10F2N2O. The molecule has 3 N–H and O–H groups in total. The number of nitrogens with two attached hydrogens (primary N) is 1. The summed E-state index contributed by atoms with van der Waals surface area (Å²) in [7, 11) is 0. The molecule has 0 heterocycles. The Morgan fingerprint density at radius 2 is 1.78 bits per heavy atom. The average molecular weight is 248 g/mol. The Kier molecular flexibility index (Phi) is 3.23. The molecule has 92 valence electrons. The molecule has 0 spiro atoms. The Balaban J connectivity index is 2.22. The van der Waals surface area contributed by atoms with Crippen LogP contribution in [-0.2, 0) is 0 Å². The molecule has 1 amide bonds. The first-order valence-corrected chi connectivity index (χ1v) is 5.19. The molecule has 18 heavy (non-hydrogen) atoms. The second kappa shape index (κ2) is 4.83. The number of anilines is 2. The number of hydrogen-bond donors (Lipinski definition) is 2. The highest BCUT2D eigenvalue weighted by Gasteiger charge is 2.11. The quantitative estimate of drug-likeness (QED) is 0.803. The molecular weight excluding hydrogens is 238 g/mol. The van der Waals surface area contributed by atoms with Gasteiger partial charge in [-0.2, -0.15) is 0 Å². The third-order valence-electron chi connectivity index (χ3n) is 2.37. The minimum atomic E-state index is -0.620. The van der Waals surface area contributed by atoms with Crippen LogP contribution in [0.15, 0.2) is 42.5 Å². The van der Waals surface area contributed by atoms with Gasteiger partial charge in [-0.3, -0.25) is 4.79 Å². The Morgan fingerprint density at radius 1 is 1.06 bits per heavy atom. The van der Waals surface area contributed by atoms with Crippen molar-refractivity contribution in [3.8, 4) is 0 Å². The number of hydrogen-bond acceptors (Lipinski definition) is 2. The second-order valence-corrected chi connectivity index (χ2v) is 3.67. The smallest absolute Gasteiger partial charge is 0.258 e. The van der Waals surface area contributed by atoms with Gasteiger partial charge in [0.25, 0.3) is 5.91 Å². The van der Waals surface area contributed by atoms with Crippen LogP contribution in [0.25, 0.3) is 0 Å². The summed E-state index contributed by atoms with van der Waals surface area (Å²) in [6, 6.07) is 9.34. The topological polar surface area (TPSA) is 55.1 Å². The summed E-state index contributed by atoms with van der Waals surface area (Å²) in [5.74, 6) is -1.80. The van der Waals surface area contributed by atoms with Crippen molar-refractivity contribution in [2.75, 3.05) is 11.1 Å². The van der Waals surface area contributed by atoms with E-state index in [4.69, 9.17) is 5.73 Å². The molecule has 0 aromatic heterocycles. The molecule has 0 aliphatic carbocycles.